The van der Waals surface area contributed by atoms with Gasteiger partial charge in [-0.3, -0.25) is 0 Å². The summed E-state index contributed by atoms with van der Waals surface area (Å²) in [4.78, 5) is 4.43. The number of rotatable bonds is 8. The second-order valence-corrected chi connectivity index (χ2v) is 5.98. The van der Waals surface area contributed by atoms with Crippen molar-refractivity contribution in [2.75, 3.05) is 45.7 Å². The largest absolute Gasteiger partial charge is 0.373 e. The molecule has 1 N–H and O–H groups in total. The summed E-state index contributed by atoms with van der Waals surface area (Å²) in [5, 5.41) is 4.24. The molecule has 0 radical (unpaired) electrons. The van der Waals surface area contributed by atoms with Gasteiger partial charge >= 0.3 is 0 Å². The van der Waals surface area contributed by atoms with Crippen LogP contribution in [0.5, 0.6) is 0 Å². The molecule has 0 saturated heterocycles. The fraction of sp³-hybridized carbons (Fsp3) is 0.625. The number of benzene rings is 1. The molecule has 0 saturated carbocycles. The van der Waals surface area contributed by atoms with Crippen LogP contribution >= 0.6 is 11.6 Å². The lowest BCUT2D eigenvalue weighted by Crippen LogP contribution is -2.23. The molecule has 1 rings (SSSR count). The molecule has 0 bridgehead atoms. The number of hydrogen-bond donors (Lipinski definition) is 1. The Hall–Kier alpha value is -0.770. The van der Waals surface area contributed by atoms with Crippen molar-refractivity contribution in [2.45, 2.75) is 26.3 Å². The lowest BCUT2D eigenvalue weighted by atomic mass is 10.1. The Morgan fingerprint density at radius 3 is 2.45 bits per heavy atom. The molecule has 20 heavy (non-hydrogen) atoms. The van der Waals surface area contributed by atoms with E-state index in [2.05, 4.69) is 68.3 Å². The number of halogens is 1. The summed E-state index contributed by atoms with van der Waals surface area (Å²) in [6.07, 6.45) is 1.13. The third kappa shape index (κ3) is 5.31. The van der Waals surface area contributed by atoms with E-state index in [9.17, 15) is 0 Å². The Balaban J connectivity index is 2.67. The maximum Gasteiger partial charge on any atom is 0.0642 e. The van der Waals surface area contributed by atoms with Crippen LogP contribution in [0.1, 0.15) is 31.9 Å². The predicted molar refractivity (Wildman–Crippen MR) is 90.0 cm³/mol. The van der Waals surface area contributed by atoms with E-state index in [1.54, 1.807) is 0 Å². The molecule has 0 amide bonds. The zero-order valence-corrected chi connectivity index (χ0v) is 14.2. The van der Waals surface area contributed by atoms with Crippen molar-refractivity contribution >= 4 is 17.3 Å². The van der Waals surface area contributed by atoms with E-state index in [4.69, 9.17) is 11.6 Å². The first-order chi connectivity index (χ1) is 9.45. The highest BCUT2D eigenvalue weighted by atomic mass is 35.5. The predicted octanol–water partition coefficient (Wildman–Crippen LogP) is 3.40. The van der Waals surface area contributed by atoms with Crippen molar-refractivity contribution in [2.24, 2.45) is 0 Å². The average Bonchev–Trinajstić information content (AvgIpc) is 2.38. The summed E-state index contributed by atoms with van der Waals surface area (Å²) >= 11 is 6.43. The smallest absolute Gasteiger partial charge is 0.0642 e. The molecule has 0 aliphatic rings. The lowest BCUT2D eigenvalue weighted by molar-refractivity contribution is 0.401. The summed E-state index contributed by atoms with van der Waals surface area (Å²) in [6, 6.07) is 6.70. The molecule has 0 aliphatic carbocycles. The first-order valence-corrected chi connectivity index (χ1v) is 7.72. The fourth-order valence-corrected chi connectivity index (χ4v) is 2.60. The topological polar surface area (TPSA) is 18.5 Å². The van der Waals surface area contributed by atoms with Crippen molar-refractivity contribution in [1.82, 2.24) is 10.2 Å². The van der Waals surface area contributed by atoms with Crippen LogP contribution in [0.2, 0.25) is 5.02 Å². The first-order valence-electron chi connectivity index (χ1n) is 7.34. The monoisotopic (exact) mass is 297 g/mol. The van der Waals surface area contributed by atoms with Gasteiger partial charge in [-0.15, -0.1) is 0 Å². The second-order valence-electron chi connectivity index (χ2n) is 5.57. The minimum Gasteiger partial charge on any atom is -0.373 e. The molecule has 0 spiro atoms. The van der Waals surface area contributed by atoms with Crippen LogP contribution in [0.4, 0.5) is 5.69 Å². The maximum absolute atomic E-state index is 6.43. The van der Waals surface area contributed by atoms with Crippen LogP contribution in [0.15, 0.2) is 18.2 Å². The van der Waals surface area contributed by atoms with E-state index >= 15 is 0 Å². The Morgan fingerprint density at radius 2 is 1.90 bits per heavy atom. The number of nitrogens with zero attached hydrogens (tertiary/aromatic N) is 2. The summed E-state index contributed by atoms with van der Waals surface area (Å²) in [6.45, 7) is 7.35. The van der Waals surface area contributed by atoms with Gasteiger partial charge in [0.1, 0.15) is 0 Å². The maximum atomic E-state index is 6.43. The summed E-state index contributed by atoms with van der Waals surface area (Å²) in [7, 11) is 6.30. The molecule has 1 unspecified atom stereocenters. The van der Waals surface area contributed by atoms with Crippen LogP contribution in [0.3, 0.4) is 0 Å². The van der Waals surface area contributed by atoms with Crippen molar-refractivity contribution in [3.05, 3.63) is 28.8 Å². The van der Waals surface area contributed by atoms with Gasteiger partial charge < -0.3 is 15.1 Å². The standard InChI is InChI=1S/C16H28ClN3/c1-6-18-13(2)14-8-9-16(15(17)12-14)20(5)11-7-10-19(3)4/h8-9,12-13,18H,6-7,10-11H2,1-5H3. The zero-order valence-electron chi connectivity index (χ0n) is 13.4. The molecule has 0 heterocycles. The highest BCUT2D eigenvalue weighted by Crippen LogP contribution is 2.28. The van der Waals surface area contributed by atoms with Gasteiger partial charge in [0.05, 0.1) is 10.7 Å². The Kier molecular flexibility index (Phi) is 7.35. The lowest BCUT2D eigenvalue weighted by Gasteiger charge is -2.23. The third-order valence-electron chi connectivity index (χ3n) is 3.49. The molecule has 114 valence electrons. The first kappa shape index (κ1) is 17.3. The molecular weight excluding hydrogens is 270 g/mol. The SMILES string of the molecule is CCNC(C)c1ccc(N(C)CCCN(C)C)c(Cl)c1. The van der Waals surface area contributed by atoms with Gasteiger partial charge in [0, 0.05) is 19.6 Å². The third-order valence-corrected chi connectivity index (χ3v) is 3.79. The minimum atomic E-state index is 0.339. The van der Waals surface area contributed by atoms with Crippen LogP contribution in [0, 0.1) is 0 Å². The van der Waals surface area contributed by atoms with Crippen LogP contribution in [0.25, 0.3) is 0 Å². The van der Waals surface area contributed by atoms with E-state index in [1.807, 2.05) is 0 Å². The molecule has 0 aliphatic heterocycles. The van der Waals surface area contributed by atoms with Gasteiger partial charge in [0.15, 0.2) is 0 Å². The van der Waals surface area contributed by atoms with Crippen molar-refractivity contribution in [3.63, 3.8) is 0 Å². The number of anilines is 1. The molecule has 4 heteroatoms. The van der Waals surface area contributed by atoms with Crippen LogP contribution < -0.4 is 10.2 Å². The van der Waals surface area contributed by atoms with E-state index < -0.39 is 0 Å². The molecule has 3 nitrogen and oxygen atoms in total. The minimum absolute atomic E-state index is 0.339. The van der Waals surface area contributed by atoms with Gasteiger partial charge in [-0.05, 0) is 58.2 Å². The van der Waals surface area contributed by atoms with Crippen molar-refractivity contribution in [3.8, 4) is 0 Å². The van der Waals surface area contributed by atoms with Crippen LogP contribution in [-0.2, 0) is 0 Å². The van der Waals surface area contributed by atoms with Gasteiger partial charge in [-0.2, -0.15) is 0 Å². The summed E-state index contributed by atoms with van der Waals surface area (Å²) < 4.78 is 0. The molecule has 0 fully saturated rings. The highest BCUT2D eigenvalue weighted by molar-refractivity contribution is 6.33. The van der Waals surface area contributed by atoms with E-state index in [0.717, 1.165) is 36.8 Å². The van der Waals surface area contributed by atoms with Gasteiger partial charge in [-0.25, -0.2) is 0 Å². The summed E-state index contributed by atoms with van der Waals surface area (Å²) in [5.41, 5.74) is 2.35. The van der Waals surface area contributed by atoms with E-state index in [1.165, 1.54) is 5.56 Å². The second kappa shape index (κ2) is 8.50. The average molecular weight is 298 g/mol. The Labute approximate surface area is 128 Å². The van der Waals surface area contributed by atoms with E-state index in [-0.39, 0.29) is 0 Å². The quantitative estimate of drug-likeness (QED) is 0.793. The number of nitrogens with one attached hydrogen (secondary N) is 1. The Morgan fingerprint density at radius 1 is 1.20 bits per heavy atom. The normalized spacial score (nSPS) is 12.8. The van der Waals surface area contributed by atoms with Gasteiger partial charge in [0.25, 0.3) is 0 Å². The zero-order chi connectivity index (χ0) is 15.1. The van der Waals surface area contributed by atoms with Gasteiger partial charge in [-0.1, -0.05) is 24.6 Å². The van der Waals surface area contributed by atoms with Gasteiger partial charge in [0.2, 0.25) is 0 Å². The summed E-state index contributed by atoms with van der Waals surface area (Å²) in [5.74, 6) is 0. The molecule has 1 atom stereocenters. The fourth-order valence-electron chi connectivity index (χ4n) is 2.27. The number of hydrogen-bond acceptors (Lipinski definition) is 3. The molecule has 0 aromatic heterocycles. The highest BCUT2D eigenvalue weighted by Gasteiger charge is 2.10. The molecular formula is C16H28ClN3. The van der Waals surface area contributed by atoms with Crippen molar-refractivity contribution < 1.29 is 0 Å². The molecule has 1 aromatic carbocycles. The Bertz CT molecular complexity index is 407. The van der Waals surface area contributed by atoms with E-state index in [0.29, 0.717) is 6.04 Å². The van der Waals surface area contributed by atoms with Crippen LogP contribution in [-0.4, -0.2) is 45.7 Å². The van der Waals surface area contributed by atoms with Crippen molar-refractivity contribution in [1.29, 1.82) is 0 Å². The molecule has 1 aromatic rings.